The smallest absolute Gasteiger partial charge is 0.119 e. The molecule has 0 fully saturated rings. The maximum atomic E-state index is 5.73. The van der Waals surface area contributed by atoms with Crippen molar-refractivity contribution in [2.45, 2.75) is 45.8 Å². The molecular formula is C16H27NO2. The SMILES string of the molecule is CCCNC(CCOc1ccccc1)COC(C)C. The summed E-state index contributed by atoms with van der Waals surface area (Å²) in [5.41, 5.74) is 0. The van der Waals surface area contributed by atoms with Crippen molar-refractivity contribution in [3.63, 3.8) is 0 Å². The van der Waals surface area contributed by atoms with Gasteiger partial charge >= 0.3 is 0 Å². The first-order valence-corrected chi connectivity index (χ1v) is 7.25. The third kappa shape index (κ3) is 7.85. The van der Waals surface area contributed by atoms with E-state index >= 15 is 0 Å². The summed E-state index contributed by atoms with van der Waals surface area (Å²) in [5.74, 6) is 0.932. The summed E-state index contributed by atoms with van der Waals surface area (Å²) in [6.45, 7) is 8.79. The molecule has 19 heavy (non-hydrogen) atoms. The fourth-order valence-electron chi connectivity index (χ4n) is 1.74. The second-order valence-corrected chi connectivity index (χ2v) is 4.98. The normalized spacial score (nSPS) is 12.6. The minimum Gasteiger partial charge on any atom is -0.494 e. The van der Waals surface area contributed by atoms with Gasteiger partial charge in [0.15, 0.2) is 0 Å². The van der Waals surface area contributed by atoms with Crippen LogP contribution in [0, 0.1) is 0 Å². The minimum absolute atomic E-state index is 0.279. The van der Waals surface area contributed by atoms with Crippen LogP contribution in [0.15, 0.2) is 30.3 Å². The molecule has 0 aliphatic rings. The Morgan fingerprint density at radius 2 is 1.89 bits per heavy atom. The van der Waals surface area contributed by atoms with Gasteiger partial charge in [0, 0.05) is 6.04 Å². The Balaban J connectivity index is 2.26. The summed E-state index contributed by atoms with van der Waals surface area (Å²) in [6, 6.07) is 10.3. The number of ether oxygens (including phenoxy) is 2. The molecule has 0 radical (unpaired) electrons. The molecule has 0 aliphatic heterocycles. The van der Waals surface area contributed by atoms with E-state index in [1.165, 1.54) is 0 Å². The maximum Gasteiger partial charge on any atom is 0.119 e. The molecule has 0 aliphatic carbocycles. The fourth-order valence-corrected chi connectivity index (χ4v) is 1.74. The van der Waals surface area contributed by atoms with E-state index in [4.69, 9.17) is 9.47 Å². The van der Waals surface area contributed by atoms with E-state index in [0.29, 0.717) is 12.6 Å². The van der Waals surface area contributed by atoms with Gasteiger partial charge in [0.2, 0.25) is 0 Å². The quantitative estimate of drug-likeness (QED) is 0.704. The summed E-state index contributed by atoms with van der Waals surface area (Å²) in [7, 11) is 0. The van der Waals surface area contributed by atoms with Crippen LogP contribution in [0.5, 0.6) is 5.75 Å². The Kier molecular flexibility index (Phi) is 8.26. The molecule has 1 atom stereocenters. The van der Waals surface area contributed by atoms with Crippen LogP contribution in [-0.4, -0.2) is 31.9 Å². The Labute approximate surface area is 117 Å². The summed E-state index contributed by atoms with van der Waals surface area (Å²) in [5, 5.41) is 3.51. The number of hydrogen-bond donors (Lipinski definition) is 1. The van der Waals surface area contributed by atoms with Gasteiger partial charge in [-0.2, -0.15) is 0 Å². The second kappa shape index (κ2) is 9.82. The van der Waals surface area contributed by atoms with Crippen molar-refractivity contribution >= 4 is 0 Å². The van der Waals surface area contributed by atoms with Gasteiger partial charge in [0.05, 0.1) is 19.3 Å². The molecule has 1 aromatic carbocycles. The zero-order chi connectivity index (χ0) is 13.9. The zero-order valence-corrected chi connectivity index (χ0v) is 12.4. The molecule has 1 rings (SSSR count). The van der Waals surface area contributed by atoms with Crippen molar-refractivity contribution in [3.8, 4) is 5.75 Å². The van der Waals surface area contributed by atoms with Crippen molar-refractivity contribution in [2.75, 3.05) is 19.8 Å². The van der Waals surface area contributed by atoms with Gasteiger partial charge in [-0.25, -0.2) is 0 Å². The van der Waals surface area contributed by atoms with Crippen LogP contribution in [0.2, 0.25) is 0 Å². The van der Waals surface area contributed by atoms with Gasteiger partial charge in [-0.05, 0) is 45.4 Å². The Hall–Kier alpha value is -1.06. The predicted octanol–water partition coefficient (Wildman–Crippen LogP) is 3.25. The lowest BCUT2D eigenvalue weighted by molar-refractivity contribution is 0.0565. The largest absolute Gasteiger partial charge is 0.494 e. The van der Waals surface area contributed by atoms with E-state index in [9.17, 15) is 0 Å². The van der Waals surface area contributed by atoms with Crippen molar-refractivity contribution in [1.29, 1.82) is 0 Å². The molecule has 3 nitrogen and oxygen atoms in total. The van der Waals surface area contributed by atoms with Crippen LogP contribution in [0.4, 0.5) is 0 Å². The molecule has 3 heteroatoms. The molecule has 0 spiro atoms. The maximum absolute atomic E-state index is 5.73. The average Bonchev–Trinajstić information content (AvgIpc) is 2.42. The molecule has 1 N–H and O–H groups in total. The fraction of sp³-hybridized carbons (Fsp3) is 0.625. The first kappa shape index (κ1) is 16.0. The van der Waals surface area contributed by atoms with Crippen LogP contribution in [-0.2, 0) is 4.74 Å². The highest BCUT2D eigenvalue weighted by Gasteiger charge is 2.09. The van der Waals surface area contributed by atoms with Crippen molar-refractivity contribution in [3.05, 3.63) is 30.3 Å². The second-order valence-electron chi connectivity index (χ2n) is 4.98. The molecule has 0 saturated carbocycles. The van der Waals surface area contributed by atoms with Gasteiger partial charge in [0.1, 0.15) is 5.75 Å². The summed E-state index contributed by atoms with van der Waals surface area (Å²) in [6.07, 6.45) is 2.38. The average molecular weight is 265 g/mol. The zero-order valence-electron chi connectivity index (χ0n) is 12.4. The molecule has 1 unspecified atom stereocenters. The lowest BCUT2D eigenvalue weighted by Gasteiger charge is -2.20. The molecule has 1 aromatic rings. The highest BCUT2D eigenvalue weighted by molar-refractivity contribution is 5.20. The molecule has 0 aromatic heterocycles. The third-order valence-corrected chi connectivity index (χ3v) is 2.79. The first-order valence-electron chi connectivity index (χ1n) is 7.25. The van der Waals surface area contributed by atoms with E-state index < -0.39 is 0 Å². The van der Waals surface area contributed by atoms with Crippen molar-refractivity contribution < 1.29 is 9.47 Å². The van der Waals surface area contributed by atoms with Gasteiger partial charge in [-0.3, -0.25) is 0 Å². The number of hydrogen-bond acceptors (Lipinski definition) is 3. The lowest BCUT2D eigenvalue weighted by atomic mass is 10.2. The topological polar surface area (TPSA) is 30.5 Å². The minimum atomic E-state index is 0.279. The van der Waals surface area contributed by atoms with Gasteiger partial charge < -0.3 is 14.8 Å². The van der Waals surface area contributed by atoms with Crippen molar-refractivity contribution in [2.24, 2.45) is 0 Å². The lowest BCUT2D eigenvalue weighted by Crippen LogP contribution is -2.36. The summed E-state index contributed by atoms with van der Waals surface area (Å²) >= 11 is 0. The van der Waals surface area contributed by atoms with E-state index in [2.05, 4.69) is 26.1 Å². The summed E-state index contributed by atoms with van der Waals surface area (Å²) < 4.78 is 11.4. The van der Waals surface area contributed by atoms with E-state index in [1.54, 1.807) is 0 Å². The highest BCUT2D eigenvalue weighted by Crippen LogP contribution is 2.09. The van der Waals surface area contributed by atoms with Crippen LogP contribution in [0.3, 0.4) is 0 Å². The van der Waals surface area contributed by atoms with Gasteiger partial charge in [-0.15, -0.1) is 0 Å². The molecule has 0 heterocycles. The standard InChI is InChI=1S/C16H27NO2/c1-4-11-17-15(13-19-14(2)3)10-12-18-16-8-6-5-7-9-16/h5-9,14-15,17H,4,10-13H2,1-3H3. The molecule has 0 saturated heterocycles. The van der Waals surface area contributed by atoms with E-state index in [1.807, 2.05) is 30.3 Å². The number of nitrogens with one attached hydrogen (secondary N) is 1. The Bertz CT molecular complexity index is 314. The van der Waals surface area contributed by atoms with E-state index in [-0.39, 0.29) is 6.10 Å². The van der Waals surface area contributed by atoms with Crippen molar-refractivity contribution in [1.82, 2.24) is 5.32 Å². The predicted molar refractivity (Wildman–Crippen MR) is 79.7 cm³/mol. The Morgan fingerprint density at radius 1 is 1.16 bits per heavy atom. The van der Waals surface area contributed by atoms with Gasteiger partial charge in [-0.1, -0.05) is 25.1 Å². The van der Waals surface area contributed by atoms with Crippen LogP contribution < -0.4 is 10.1 Å². The van der Waals surface area contributed by atoms with E-state index in [0.717, 1.165) is 31.7 Å². The summed E-state index contributed by atoms with van der Waals surface area (Å²) in [4.78, 5) is 0. The third-order valence-electron chi connectivity index (χ3n) is 2.79. The monoisotopic (exact) mass is 265 g/mol. The molecule has 108 valence electrons. The van der Waals surface area contributed by atoms with Crippen LogP contribution >= 0.6 is 0 Å². The Morgan fingerprint density at radius 3 is 2.53 bits per heavy atom. The molecule has 0 bridgehead atoms. The first-order chi connectivity index (χ1) is 9.22. The number of para-hydroxylation sites is 1. The molecule has 0 amide bonds. The number of benzene rings is 1. The van der Waals surface area contributed by atoms with Gasteiger partial charge in [0.25, 0.3) is 0 Å². The molecular weight excluding hydrogens is 238 g/mol. The number of rotatable bonds is 10. The van der Waals surface area contributed by atoms with Crippen LogP contribution in [0.25, 0.3) is 0 Å². The van der Waals surface area contributed by atoms with Crippen LogP contribution in [0.1, 0.15) is 33.6 Å². The highest BCUT2D eigenvalue weighted by atomic mass is 16.5.